The van der Waals surface area contributed by atoms with E-state index in [2.05, 4.69) is 23.2 Å². The third-order valence-corrected chi connectivity index (χ3v) is 3.18. The van der Waals surface area contributed by atoms with Crippen LogP contribution < -0.4 is 4.43 Å². The zero-order valence-corrected chi connectivity index (χ0v) is 12.7. The Morgan fingerprint density at radius 1 is 1.26 bits per heavy atom. The molecule has 1 heterocycles. The van der Waals surface area contributed by atoms with E-state index in [1.807, 2.05) is 50.5 Å². The fraction of sp³-hybridized carbons (Fsp3) is 0.286. The van der Waals surface area contributed by atoms with Crippen LogP contribution in [0.2, 0.25) is 13.1 Å². The summed E-state index contributed by atoms with van der Waals surface area (Å²) in [4.78, 5) is 4.63. The molecule has 5 heteroatoms. The van der Waals surface area contributed by atoms with Gasteiger partial charge in [-0.3, -0.25) is 4.68 Å². The Kier molecular flexibility index (Phi) is 4.16. The molecule has 1 aromatic carbocycles. The SMILES string of the molecule is CC(=Nc1ccccc1O[Si](C)C)c1ccn(C)n1. The van der Waals surface area contributed by atoms with Gasteiger partial charge >= 0.3 is 0 Å². The van der Waals surface area contributed by atoms with Gasteiger partial charge in [-0.15, -0.1) is 0 Å². The quantitative estimate of drug-likeness (QED) is 0.633. The maximum atomic E-state index is 5.86. The van der Waals surface area contributed by atoms with Crippen LogP contribution in [0.25, 0.3) is 0 Å². The van der Waals surface area contributed by atoms with Gasteiger partial charge in [-0.05, 0) is 38.2 Å². The second-order valence-electron chi connectivity index (χ2n) is 4.55. The summed E-state index contributed by atoms with van der Waals surface area (Å²) in [7, 11) is 1.11. The first-order valence-electron chi connectivity index (χ1n) is 6.18. The zero-order valence-electron chi connectivity index (χ0n) is 11.7. The fourth-order valence-corrected chi connectivity index (χ4v) is 2.31. The first kappa shape index (κ1) is 13.5. The summed E-state index contributed by atoms with van der Waals surface area (Å²) in [6.45, 7) is 6.18. The molecule has 2 rings (SSSR count). The van der Waals surface area contributed by atoms with E-state index in [1.165, 1.54) is 0 Å². The van der Waals surface area contributed by atoms with E-state index in [0.29, 0.717) is 0 Å². The Morgan fingerprint density at radius 3 is 2.63 bits per heavy atom. The van der Waals surface area contributed by atoms with Gasteiger partial charge < -0.3 is 4.43 Å². The largest absolute Gasteiger partial charge is 0.541 e. The highest BCUT2D eigenvalue weighted by Crippen LogP contribution is 2.28. The standard InChI is InChI=1S/C14H18N3OSi/c1-11(12-9-10-17(2)16-12)15-13-7-5-6-8-14(13)18-19(3)4/h5-10H,1-4H3. The molecule has 0 aliphatic heterocycles. The van der Waals surface area contributed by atoms with Crippen LogP contribution in [-0.4, -0.2) is 24.5 Å². The molecule has 0 fully saturated rings. The smallest absolute Gasteiger partial charge is 0.274 e. The lowest BCUT2D eigenvalue weighted by Crippen LogP contribution is -2.11. The zero-order chi connectivity index (χ0) is 13.8. The molecule has 1 aromatic heterocycles. The minimum Gasteiger partial charge on any atom is -0.541 e. The number of rotatable bonds is 4. The lowest BCUT2D eigenvalue weighted by Gasteiger charge is -2.11. The maximum Gasteiger partial charge on any atom is 0.274 e. The van der Waals surface area contributed by atoms with Gasteiger partial charge in [0.05, 0.1) is 5.71 Å². The van der Waals surface area contributed by atoms with E-state index in [0.717, 1.165) is 22.8 Å². The van der Waals surface area contributed by atoms with Crippen LogP contribution in [-0.2, 0) is 7.05 Å². The van der Waals surface area contributed by atoms with Crippen molar-refractivity contribution in [3.05, 3.63) is 42.2 Å². The van der Waals surface area contributed by atoms with Gasteiger partial charge in [-0.1, -0.05) is 12.1 Å². The fourth-order valence-electron chi connectivity index (χ4n) is 1.70. The summed E-state index contributed by atoms with van der Waals surface area (Å²) in [5, 5.41) is 4.35. The van der Waals surface area contributed by atoms with Gasteiger partial charge in [0.2, 0.25) is 0 Å². The van der Waals surface area contributed by atoms with Crippen LogP contribution in [0, 0.1) is 0 Å². The van der Waals surface area contributed by atoms with Gasteiger partial charge in [0.15, 0.2) is 0 Å². The monoisotopic (exact) mass is 272 g/mol. The number of para-hydroxylation sites is 2. The predicted octanol–water partition coefficient (Wildman–Crippen LogP) is 3.19. The summed E-state index contributed by atoms with van der Waals surface area (Å²) < 4.78 is 7.63. The Hall–Kier alpha value is -1.88. The number of aryl methyl sites for hydroxylation is 1. The number of hydrogen-bond acceptors (Lipinski definition) is 3. The molecule has 1 radical (unpaired) electrons. The maximum absolute atomic E-state index is 5.86. The molecule has 0 amide bonds. The van der Waals surface area contributed by atoms with Crippen LogP contribution in [0.4, 0.5) is 5.69 Å². The number of benzene rings is 1. The highest BCUT2D eigenvalue weighted by atomic mass is 28.3. The van der Waals surface area contributed by atoms with Crippen molar-refractivity contribution in [2.45, 2.75) is 20.0 Å². The molecule has 0 aliphatic carbocycles. The van der Waals surface area contributed by atoms with Crippen molar-refractivity contribution in [2.24, 2.45) is 12.0 Å². The van der Waals surface area contributed by atoms with Crippen molar-refractivity contribution in [3.63, 3.8) is 0 Å². The molecule has 0 saturated heterocycles. The third-order valence-electron chi connectivity index (χ3n) is 2.55. The third kappa shape index (κ3) is 3.54. The molecule has 0 spiro atoms. The summed E-state index contributed by atoms with van der Waals surface area (Å²) in [6, 6.07) is 9.82. The minimum atomic E-state index is -0.793. The molecular weight excluding hydrogens is 254 g/mol. The summed E-state index contributed by atoms with van der Waals surface area (Å²) in [5.74, 6) is 0.844. The average molecular weight is 272 g/mol. The molecule has 0 atom stereocenters. The minimum absolute atomic E-state index is 0.793. The van der Waals surface area contributed by atoms with Crippen LogP contribution in [0.1, 0.15) is 12.6 Å². The van der Waals surface area contributed by atoms with Crippen molar-refractivity contribution < 1.29 is 4.43 Å². The molecular formula is C14H18N3OSi. The van der Waals surface area contributed by atoms with Crippen LogP contribution >= 0.6 is 0 Å². The number of aliphatic imine (C=N–C) groups is 1. The Labute approximate surface area is 115 Å². The molecule has 0 N–H and O–H groups in total. The summed E-state index contributed by atoms with van der Waals surface area (Å²) in [6.07, 6.45) is 1.91. The Bertz CT molecular complexity index is 590. The Morgan fingerprint density at radius 2 is 2.00 bits per heavy atom. The summed E-state index contributed by atoms with van der Waals surface area (Å²) in [5.41, 5.74) is 2.63. The molecule has 0 unspecified atom stereocenters. The second kappa shape index (κ2) is 5.84. The van der Waals surface area contributed by atoms with E-state index in [9.17, 15) is 0 Å². The van der Waals surface area contributed by atoms with Gasteiger partial charge in [0.1, 0.15) is 17.1 Å². The van der Waals surface area contributed by atoms with E-state index >= 15 is 0 Å². The highest BCUT2D eigenvalue weighted by Gasteiger charge is 2.07. The molecule has 4 nitrogen and oxygen atoms in total. The van der Waals surface area contributed by atoms with Crippen LogP contribution in [0.5, 0.6) is 5.75 Å². The molecule has 0 aliphatic rings. The number of nitrogens with zero attached hydrogens (tertiary/aromatic N) is 3. The topological polar surface area (TPSA) is 39.4 Å². The van der Waals surface area contributed by atoms with Gasteiger partial charge in [0.25, 0.3) is 9.04 Å². The Balaban J connectivity index is 2.31. The first-order valence-corrected chi connectivity index (χ1v) is 8.59. The molecule has 19 heavy (non-hydrogen) atoms. The van der Waals surface area contributed by atoms with Crippen molar-refractivity contribution in [3.8, 4) is 5.75 Å². The van der Waals surface area contributed by atoms with Crippen molar-refractivity contribution >= 4 is 20.4 Å². The van der Waals surface area contributed by atoms with E-state index in [4.69, 9.17) is 4.43 Å². The van der Waals surface area contributed by atoms with Crippen molar-refractivity contribution in [1.82, 2.24) is 9.78 Å². The van der Waals surface area contributed by atoms with Crippen molar-refractivity contribution in [2.75, 3.05) is 0 Å². The van der Waals surface area contributed by atoms with Crippen LogP contribution in [0.3, 0.4) is 0 Å². The van der Waals surface area contributed by atoms with Crippen molar-refractivity contribution in [1.29, 1.82) is 0 Å². The van der Waals surface area contributed by atoms with Gasteiger partial charge in [-0.2, -0.15) is 5.10 Å². The number of hydrogen-bond donors (Lipinski definition) is 0. The molecule has 2 aromatic rings. The number of aromatic nitrogens is 2. The lowest BCUT2D eigenvalue weighted by molar-refractivity contribution is 0.582. The van der Waals surface area contributed by atoms with Crippen LogP contribution in [0.15, 0.2) is 41.5 Å². The van der Waals surface area contributed by atoms with Gasteiger partial charge in [0, 0.05) is 13.2 Å². The highest BCUT2D eigenvalue weighted by molar-refractivity contribution is 6.49. The van der Waals surface area contributed by atoms with Gasteiger partial charge in [-0.25, -0.2) is 4.99 Å². The molecule has 0 bridgehead atoms. The second-order valence-corrected chi connectivity index (χ2v) is 6.57. The normalized spacial score (nSPS) is 11.9. The predicted molar refractivity (Wildman–Crippen MR) is 79.6 cm³/mol. The lowest BCUT2D eigenvalue weighted by atomic mass is 10.2. The van der Waals surface area contributed by atoms with E-state index in [-0.39, 0.29) is 0 Å². The average Bonchev–Trinajstić information content (AvgIpc) is 2.78. The summed E-state index contributed by atoms with van der Waals surface area (Å²) >= 11 is 0. The van der Waals surface area contributed by atoms with E-state index in [1.54, 1.807) is 4.68 Å². The first-order chi connectivity index (χ1) is 9.06. The van der Waals surface area contributed by atoms with E-state index < -0.39 is 9.04 Å². The molecule has 0 saturated carbocycles. The molecule has 99 valence electrons.